The van der Waals surface area contributed by atoms with E-state index in [9.17, 15) is 5.11 Å². The van der Waals surface area contributed by atoms with E-state index in [2.05, 4.69) is 16.9 Å². The van der Waals surface area contributed by atoms with Crippen LogP contribution in [0.25, 0.3) is 0 Å². The zero-order chi connectivity index (χ0) is 16.3. The fourth-order valence-electron chi connectivity index (χ4n) is 2.71. The maximum Gasteiger partial charge on any atom is 0.175 e. The van der Waals surface area contributed by atoms with Crippen LogP contribution in [0.3, 0.4) is 0 Å². The summed E-state index contributed by atoms with van der Waals surface area (Å²) < 4.78 is 0. The molecule has 1 aromatic heterocycles. The normalized spacial score (nSPS) is 22.7. The molecule has 1 aliphatic heterocycles. The van der Waals surface area contributed by atoms with Crippen LogP contribution in [0.2, 0.25) is 0 Å². The molecule has 0 bridgehead atoms. The molecule has 5 heteroatoms. The lowest BCUT2D eigenvalue weighted by atomic mass is 10.0. The minimum Gasteiger partial charge on any atom is -0.366 e. The van der Waals surface area contributed by atoms with Crippen molar-refractivity contribution in [3.05, 3.63) is 65.5 Å². The summed E-state index contributed by atoms with van der Waals surface area (Å²) in [4.78, 5) is 10.9. The molecule has 1 unspecified atom stereocenters. The van der Waals surface area contributed by atoms with Gasteiger partial charge in [-0.15, -0.1) is 0 Å². The third-order valence-electron chi connectivity index (χ3n) is 4.01. The topological polar surface area (TPSA) is 48.7 Å². The van der Waals surface area contributed by atoms with Crippen molar-refractivity contribution in [3.8, 4) is 0 Å². The molecule has 0 radical (unpaired) electrons. The number of amidine groups is 1. The monoisotopic (exact) mass is 327 g/mol. The van der Waals surface area contributed by atoms with E-state index in [0.717, 1.165) is 16.4 Å². The van der Waals surface area contributed by atoms with Crippen molar-refractivity contribution in [1.82, 2.24) is 9.88 Å². The predicted molar refractivity (Wildman–Crippen MR) is 95.3 cm³/mol. The van der Waals surface area contributed by atoms with Crippen molar-refractivity contribution in [2.24, 2.45) is 4.99 Å². The smallest absolute Gasteiger partial charge is 0.175 e. The summed E-state index contributed by atoms with van der Waals surface area (Å²) in [5.74, 6) is 0.588. The largest absolute Gasteiger partial charge is 0.366 e. The summed E-state index contributed by atoms with van der Waals surface area (Å²) in [6.07, 6.45) is 1.78. The van der Waals surface area contributed by atoms with Crippen LogP contribution in [0.4, 0.5) is 0 Å². The molecule has 1 fully saturated rings. The number of thioether (sulfide) groups is 1. The van der Waals surface area contributed by atoms with Gasteiger partial charge in [0.05, 0.1) is 18.0 Å². The fourth-order valence-corrected chi connectivity index (χ4v) is 3.95. The zero-order valence-electron chi connectivity index (χ0n) is 13.4. The lowest BCUT2D eigenvalue weighted by Crippen LogP contribution is -2.44. The first-order chi connectivity index (χ1) is 11.1. The molecule has 1 saturated heterocycles. The number of rotatable bonds is 4. The van der Waals surface area contributed by atoms with Gasteiger partial charge in [-0.25, -0.2) is 0 Å². The number of pyridine rings is 1. The summed E-state index contributed by atoms with van der Waals surface area (Å²) in [6, 6.07) is 13.9. The average molecular weight is 327 g/mol. The summed E-state index contributed by atoms with van der Waals surface area (Å²) in [6.45, 7) is 5.33. The number of hydrogen-bond donors (Lipinski definition) is 1. The number of benzene rings is 1. The maximum absolute atomic E-state index is 11.2. The van der Waals surface area contributed by atoms with Gasteiger partial charge in [-0.2, -0.15) is 0 Å². The lowest BCUT2D eigenvalue weighted by Gasteiger charge is -2.33. The van der Waals surface area contributed by atoms with Gasteiger partial charge in [-0.1, -0.05) is 47.7 Å². The Hall–Kier alpha value is -1.85. The zero-order valence-corrected chi connectivity index (χ0v) is 14.3. The summed E-state index contributed by atoms with van der Waals surface area (Å²) in [5.41, 5.74) is 2.05. The Kier molecular flexibility index (Phi) is 4.68. The second-order valence-electron chi connectivity index (χ2n) is 5.64. The maximum atomic E-state index is 11.2. The Bertz CT molecular complexity index is 687. The standard InChI is InChI=1S/C18H21N3OS/c1-3-21-17(20-12-16-6-4-5-11-19-16)23-13-18(21,22)15-9-7-14(2)8-10-15/h4-11,22H,3,12-13H2,1-2H3. The average Bonchev–Trinajstić information content (AvgIpc) is 2.91. The quantitative estimate of drug-likeness (QED) is 0.937. The Labute approximate surface area is 141 Å². The van der Waals surface area contributed by atoms with Crippen LogP contribution in [-0.4, -0.2) is 32.5 Å². The van der Waals surface area contributed by atoms with Crippen molar-refractivity contribution in [1.29, 1.82) is 0 Å². The molecular weight excluding hydrogens is 306 g/mol. The van der Waals surface area contributed by atoms with Gasteiger partial charge in [0.25, 0.3) is 0 Å². The van der Waals surface area contributed by atoms with Gasteiger partial charge in [-0.05, 0) is 26.0 Å². The lowest BCUT2D eigenvalue weighted by molar-refractivity contribution is -0.0453. The molecule has 0 amide bonds. The number of hydrogen-bond acceptors (Lipinski definition) is 4. The molecule has 1 aliphatic rings. The molecule has 1 atom stereocenters. The van der Waals surface area contributed by atoms with Gasteiger partial charge in [0.15, 0.2) is 10.9 Å². The van der Waals surface area contributed by atoms with E-state index >= 15 is 0 Å². The molecule has 3 rings (SSSR count). The van der Waals surface area contributed by atoms with Crippen molar-refractivity contribution < 1.29 is 5.11 Å². The highest BCUT2D eigenvalue weighted by Crippen LogP contribution is 2.38. The molecule has 2 heterocycles. The van der Waals surface area contributed by atoms with Gasteiger partial charge in [0.1, 0.15) is 0 Å². The molecule has 0 spiro atoms. The van der Waals surface area contributed by atoms with Crippen molar-refractivity contribution in [3.63, 3.8) is 0 Å². The van der Waals surface area contributed by atoms with Crippen molar-refractivity contribution in [2.45, 2.75) is 26.1 Å². The third kappa shape index (κ3) is 3.26. The van der Waals surface area contributed by atoms with Crippen molar-refractivity contribution >= 4 is 16.9 Å². The van der Waals surface area contributed by atoms with Crippen LogP contribution in [0.1, 0.15) is 23.7 Å². The first-order valence-electron chi connectivity index (χ1n) is 7.78. The second-order valence-corrected chi connectivity index (χ2v) is 6.58. The molecule has 4 nitrogen and oxygen atoms in total. The minimum absolute atomic E-state index is 0.531. The Morgan fingerprint density at radius 1 is 1.26 bits per heavy atom. The van der Waals surface area contributed by atoms with E-state index in [1.54, 1.807) is 18.0 Å². The van der Waals surface area contributed by atoms with Crippen molar-refractivity contribution in [2.75, 3.05) is 12.3 Å². The number of nitrogens with zero attached hydrogens (tertiary/aromatic N) is 3. The van der Waals surface area contributed by atoms with E-state index in [1.165, 1.54) is 5.56 Å². The summed E-state index contributed by atoms with van der Waals surface area (Å²) in [5, 5.41) is 12.1. The first kappa shape index (κ1) is 16.0. The van der Waals surface area contributed by atoms with E-state index in [0.29, 0.717) is 18.8 Å². The van der Waals surface area contributed by atoms with Crippen LogP contribution < -0.4 is 0 Å². The number of aryl methyl sites for hydroxylation is 1. The number of aliphatic hydroxyl groups is 1. The fraction of sp³-hybridized carbons (Fsp3) is 0.333. The van der Waals surface area contributed by atoms with Crippen LogP contribution in [0, 0.1) is 6.92 Å². The molecule has 1 aromatic carbocycles. The van der Waals surface area contributed by atoms with E-state index in [-0.39, 0.29) is 0 Å². The second kappa shape index (κ2) is 6.72. The predicted octanol–water partition coefficient (Wildman–Crippen LogP) is 3.16. The van der Waals surface area contributed by atoms with E-state index in [4.69, 9.17) is 0 Å². The highest BCUT2D eigenvalue weighted by Gasteiger charge is 2.43. The third-order valence-corrected chi connectivity index (χ3v) is 5.17. The molecule has 2 aromatic rings. The molecule has 0 aliphatic carbocycles. The SMILES string of the molecule is CCN1C(=NCc2ccccn2)SCC1(O)c1ccc(C)cc1. The molecule has 0 saturated carbocycles. The van der Waals surface area contributed by atoms with Crippen LogP contribution in [-0.2, 0) is 12.3 Å². The molecule has 1 N–H and O–H groups in total. The van der Waals surface area contributed by atoms with Gasteiger partial charge in [0.2, 0.25) is 0 Å². The Morgan fingerprint density at radius 2 is 2.04 bits per heavy atom. The summed E-state index contributed by atoms with van der Waals surface area (Å²) >= 11 is 1.60. The van der Waals surface area contributed by atoms with E-state index < -0.39 is 5.72 Å². The number of aliphatic imine (C=N–C) groups is 1. The van der Waals surface area contributed by atoms with Crippen LogP contribution in [0.5, 0.6) is 0 Å². The highest BCUT2D eigenvalue weighted by atomic mass is 32.2. The number of aromatic nitrogens is 1. The van der Waals surface area contributed by atoms with Gasteiger partial charge in [0, 0.05) is 18.3 Å². The van der Waals surface area contributed by atoms with Gasteiger partial charge in [-0.3, -0.25) is 9.98 Å². The van der Waals surface area contributed by atoms with E-state index in [1.807, 2.05) is 54.3 Å². The van der Waals surface area contributed by atoms with Crippen LogP contribution >= 0.6 is 11.8 Å². The first-order valence-corrected chi connectivity index (χ1v) is 8.76. The molecule has 120 valence electrons. The minimum atomic E-state index is -0.990. The Balaban J connectivity index is 1.83. The highest BCUT2D eigenvalue weighted by molar-refractivity contribution is 8.14. The van der Waals surface area contributed by atoms with Gasteiger partial charge >= 0.3 is 0 Å². The van der Waals surface area contributed by atoms with Crippen LogP contribution in [0.15, 0.2) is 53.7 Å². The van der Waals surface area contributed by atoms with Gasteiger partial charge < -0.3 is 10.0 Å². The summed E-state index contributed by atoms with van der Waals surface area (Å²) in [7, 11) is 0. The molecular formula is C18H21N3OS. The Morgan fingerprint density at radius 3 is 2.70 bits per heavy atom. The molecule has 23 heavy (non-hydrogen) atoms.